The van der Waals surface area contributed by atoms with Crippen molar-refractivity contribution in [2.24, 2.45) is 0 Å². The topological polar surface area (TPSA) is 76.0 Å². The molecule has 0 aliphatic rings. The van der Waals surface area contributed by atoms with Crippen LogP contribution in [0.25, 0.3) is 0 Å². The fraction of sp³-hybridized carbons (Fsp3) is 0.190. The molecule has 1 aromatic heterocycles. The molecule has 3 rings (SSSR count). The fourth-order valence-corrected chi connectivity index (χ4v) is 3.67. The van der Waals surface area contributed by atoms with Gasteiger partial charge in [-0.15, -0.1) is 0 Å². The predicted octanol–water partition coefficient (Wildman–Crippen LogP) is 5.91. The van der Waals surface area contributed by atoms with Gasteiger partial charge in [-0.2, -0.15) is 5.10 Å². The van der Waals surface area contributed by atoms with Crippen LogP contribution in [0, 0.1) is 13.8 Å². The maximum Gasteiger partial charge on any atom is 0.257 e. The average molecular weight is 466 g/mol. The monoisotopic (exact) mass is 464 g/mol. The summed E-state index contributed by atoms with van der Waals surface area (Å²) in [5, 5.41) is 10.8. The van der Waals surface area contributed by atoms with Crippen LogP contribution < -0.4 is 10.6 Å². The Kier molecular flexibility index (Phi) is 6.71. The minimum absolute atomic E-state index is 0.244. The SMILES string of the molecule is Cc1cc(C)n(C(C)C(=O)Nc2ccc(NC(=O)c3ccc(Cl)cc3Cl)cc2Cl)n1. The minimum atomic E-state index is -0.513. The lowest BCUT2D eigenvalue weighted by Crippen LogP contribution is -2.25. The third-order valence-corrected chi connectivity index (χ3v) is 5.31. The summed E-state index contributed by atoms with van der Waals surface area (Å²) in [7, 11) is 0. The van der Waals surface area contributed by atoms with E-state index in [0.29, 0.717) is 16.4 Å². The first-order valence-corrected chi connectivity index (χ1v) is 10.2. The predicted molar refractivity (Wildman–Crippen MR) is 121 cm³/mol. The first-order valence-electron chi connectivity index (χ1n) is 9.05. The second-order valence-corrected chi connectivity index (χ2v) is 8.06. The molecule has 0 radical (unpaired) electrons. The lowest BCUT2D eigenvalue weighted by Gasteiger charge is -2.16. The molecule has 9 heteroatoms. The number of anilines is 2. The molecule has 0 saturated heterocycles. The molecule has 0 saturated carbocycles. The van der Waals surface area contributed by atoms with Gasteiger partial charge in [0.15, 0.2) is 0 Å². The summed E-state index contributed by atoms with van der Waals surface area (Å²) in [5.74, 6) is -0.657. The number of hydrogen-bond acceptors (Lipinski definition) is 3. The van der Waals surface area contributed by atoms with Crippen LogP contribution in [0.5, 0.6) is 0 Å². The molecule has 3 aromatic rings. The normalized spacial score (nSPS) is 11.8. The van der Waals surface area contributed by atoms with Gasteiger partial charge in [0.25, 0.3) is 5.91 Å². The van der Waals surface area contributed by atoms with Crippen LogP contribution in [-0.2, 0) is 4.79 Å². The zero-order valence-corrected chi connectivity index (χ0v) is 18.7. The van der Waals surface area contributed by atoms with Gasteiger partial charge in [0.2, 0.25) is 5.91 Å². The zero-order valence-electron chi connectivity index (χ0n) is 16.5. The third-order valence-electron chi connectivity index (χ3n) is 4.45. The molecule has 156 valence electrons. The van der Waals surface area contributed by atoms with Crippen LogP contribution >= 0.6 is 34.8 Å². The summed E-state index contributed by atoms with van der Waals surface area (Å²) in [5.41, 5.74) is 2.90. The van der Waals surface area contributed by atoms with Crippen molar-refractivity contribution in [3.05, 3.63) is 74.5 Å². The Hall–Kier alpha value is -2.54. The number of nitrogens with zero attached hydrogens (tertiary/aromatic N) is 2. The summed E-state index contributed by atoms with van der Waals surface area (Å²) >= 11 is 18.2. The summed E-state index contributed by atoms with van der Waals surface area (Å²) in [6, 6.07) is 10.8. The molecule has 0 aliphatic heterocycles. The molecule has 2 amide bonds. The molecule has 0 fully saturated rings. The molecular formula is C21H19Cl3N4O2. The number of hydrogen-bond donors (Lipinski definition) is 2. The number of aryl methyl sites for hydroxylation is 2. The molecule has 1 unspecified atom stereocenters. The van der Waals surface area contributed by atoms with Gasteiger partial charge >= 0.3 is 0 Å². The zero-order chi connectivity index (χ0) is 22.0. The van der Waals surface area contributed by atoms with E-state index in [4.69, 9.17) is 34.8 Å². The summed E-state index contributed by atoms with van der Waals surface area (Å²) in [6.07, 6.45) is 0. The Morgan fingerprint density at radius 3 is 2.30 bits per heavy atom. The van der Waals surface area contributed by atoms with E-state index in [-0.39, 0.29) is 21.5 Å². The van der Waals surface area contributed by atoms with E-state index >= 15 is 0 Å². The van der Waals surface area contributed by atoms with Gasteiger partial charge in [-0.05, 0) is 63.2 Å². The van der Waals surface area contributed by atoms with Crippen molar-refractivity contribution >= 4 is 58.0 Å². The first-order chi connectivity index (χ1) is 14.2. The highest BCUT2D eigenvalue weighted by molar-refractivity contribution is 6.37. The van der Waals surface area contributed by atoms with E-state index in [9.17, 15) is 9.59 Å². The van der Waals surface area contributed by atoms with Crippen molar-refractivity contribution in [1.82, 2.24) is 9.78 Å². The van der Waals surface area contributed by atoms with Gasteiger partial charge in [-0.25, -0.2) is 0 Å². The smallest absolute Gasteiger partial charge is 0.257 e. The highest BCUT2D eigenvalue weighted by atomic mass is 35.5. The molecule has 30 heavy (non-hydrogen) atoms. The number of carbonyl (C=O) groups excluding carboxylic acids is 2. The molecule has 0 aliphatic carbocycles. The van der Waals surface area contributed by atoms with Crippen LogP contribution in [0.2, 0.25) is 15.1 Å². The number of carbonyl (C=O) groups is 2. The number of amides is 2. The molecule has 1 heterocycles. The number of rotatable bonds is 5. The molecular weight excluding hydrogens is 447 g/mol. The van der Waals surface area contributed by atoms with E-state index in [1.807, 2.05) is 19.9 Å². The van der Waals surface area contributed by atoms with Gasteiger partial charge in [-0.3, -0.25) is 14.3 Å². The van der Waals surface area contributed by atoms with Crippen molar-refractivity contribution in [2.45, 2.75) is 26.8 Å². The van der Waals surface area contributed by atoms with Gasteiger partial charge in [-0.1, -0.05) is 34.8 Å². The summed E-state index contributed by atoms with van der Waals surface area (Å²) < 4.78 is 1.66. The van der Waals surface area contributed by atoms with Crippen LogP contribution in [0.3, 0.4) is 0 Å². The second-order valence-electron chi connectivity index (χ2n) is 6.81. The summed E-state index contributed by atoms with van der Waals surface area (Å²) in [6.45, 7) is 5.52. The van der Waals surface area contributed by atoms with Gasteiger partial charge in [0, 0.05) is 16.4 Å². The molecule has 0 spiro atoms. The minimum Gasteiger partial charge on any atom is -0.323 e. The number of benzene rings is 2. The van der Waals surface area contributed by atoms with Gasteiger partial charge in [0.05, 0.1) is 27.0 Å². The lowest BCUT2D eigenvalue weighted by molar-refractivity contribution is -0.119. The van der Waals surface area contributed by atoms with Crippen molar-refractivity contribution in [3.8, 4) is 0 Å². The van der Waals surface area contributed by atoms with E-state index in [1.165, 1.54) is 12.1 Å². The highest BCUT2D eigenvalue weighted by Gasteiger charge is 2.19. The molecule has 6 nitrogen and oxygen atoms in total. The molecule has 2 N–H and O–H groups in total. The van der Waals surface area contributed by atoms with Crippen molar-refractivity contribution < 1.29 is 9.59 Å². The van der Waals surface area contributed by atoms with Crippen molar-refractivity contribution in [2.75, 3.05) is 10.6 Å². The van der Waals surface area contributed by atoms with Crippen LogP contribution in [-0.4, -0.2) is 21.6 Å². The average Bonchev–Trinajstić information content (AvgIpc) is 3.01. The van der Waals surface area contributed by atoms with Crippen LogP contribution in [0.15, 0.2) is 42.5 Å². The first kappa shape index (κ1) is 22.2. The Morgan fingerprint density at radius 2 is 1.70 bits per heavy atom. The second kappa shape index (κ2) is 9.08. The fourth-order valence-electron chi connectivity index (χ4n) is 2.95. The highest BCUT2D eigenvalue weighted by Crippen LogP contribution is 2.28. The third kappa shape index (κ3) is 4.95. The maximum absolute atomic E-state index is 12.6. The Balaban J connectivity index is 1.71. The van der Waals surface area contributed by atoms with Gasteiger partial charge in [0.1, 0.15) is 6.04 Å². The number of nitrogens with one attached hydrogen (secondary N) is 2. The number of aromatic nitrogens is 2. The van der Waals surface area contributed by atoms with E-state index < -0.39 is 11.9 Å². The van der Waals surface area contributed by atoms with E-state index in [0.717, 1.165) is 11.4 Å². The quantitative estimate of drug-likeness (QED) is 0.491. The molecule has 1 atom stereocenters. The maximum atomic E-state index is 12.6. The standard InChI is InChI=1S/C21H19Cl3N4O2/c1-11-8-12(2)28(27-11)13(3)20(29)26-19-7-5-15(10-18(19)24)25-21(30)16-6-4-14(22)9-17(16)23/h4-10,13H,1-3H3,(H,25,30)(H,26,29). The Morgan fingerprint density at radius 1 is 0.967 bits per heavy atom. The van der Waals surface area contributed by atoms with Gasteiger partial charge < -0.3 is 10.6 Å². The molecule has 0 bridgehead atoms. The largest absolute Gasteiger partial charge is 0.323 e. The van der Waals surface area contributed by atoms with E-state index in [2.05, 4.69) is 15.7 Å². The van der Waals surface area contributed by atoms with Crippen LogP contribution in [0.1, 0.15) is 34.7 Å². The lowest BCUT2D eigenvalue weighted by atomic mass is 10.2. The van der Waals surface area contributed by atoms with Crippen molar-refractivity contribution in [1.29, 1.82) is 0 Å². The van der Waals surface area contributed by atoms with Crippen molar-refractivity contribution in [3.63, 3.8) is 0 Å². The summed E-state index contributed by atoms with van der Waals surface area (Å²) in [4.78, 5) is 25.1. The molecule has 2 aromatic carbocycles. The van der Waals surface area contributed by atoms with E-state index in [1.54, 1.807) is 35.9 Å². The van der Waals surface area contributed by atoms with Crippen LogP contribution in [0.4, 0.5) is 11.4 Å². The Labute approximate surface area is 189 Å². The Bertz CT molecular complexity index is 1130. The number of halogens is 3.